The van der Waals surface area contributed by atoms with Crippen molar-refractivity contribution in [2.75, 3.05) is 11.5 Å². The number of nitrogens with two attached hydrogens (primary N) is 1. The van der Waals surface area contributed by atoms with Gasteiger partial charge in [0.2, 0.25) is 0 Å². The molecular formula is C7H11NO6S. The fourth-order valence-electron chi connectivity index (χ4n) is 0.632. The van der Waals surface area contributed by atoms with Gasteiger partial charge in [-0.1, -0.05) is 0 Å². The fourth-order valence-corrected chi connectivity index (χ4v) is 1.69. The molecule has 0 saturated carbocycles. The Balaban J connectivity index is 3.97. The van der Waals surface area contributed by atoms with E-state index in [1.165, 1.54) is 0 Å². The second-order valence-corrected chi connectivity index (χ2v) is 3.79. The van der Waals surface area contributed by atoms with Crippen molar-refractivity contribution >= 4 is 29.7 Å². The van der Waals surface area contributed by atoms with Crippen LogP contribution in [0.5, 0.6) is 0 Å². The molecule has 86 valence electrons. The van der Waals surface area contributed by atoms with Crippen LogP contribution in [0.25, 0.3) is 0 Å². The predicted octanol–water partition coefficient (Wildman–Crippen LogP) is -1.08. The lowest BCUT2D eigenvalue weighted by Gasteiger charge is -2.08. The first-order valence-corrected chi connectivity index (χ1v) is 5.03. The molecule has 5 N–H and O–H groups in total. The quantitative estimate of drug-likeness (QED) is 0.410. The van der Waals surface area contributed by atoms with Crippen molar-refractivity contribution in [2.24, 2.45) is 11.7 Å². The molecule has 0 aliphatic rings. The molecule has 0 heterocycles. The lowest BCUT2D eigenvalue weighted by atomic mass is 10.2. The van der Waals surface area contributed by atoms with Gasteiger partial charge in [0.05, 0.1) is 0 Å². The lowest BCUT2D eigenvalue weighted by molar-refractivity contribution is -0.153. The SMILES string of the molecule is N[C@@H](CSCC(C(=O)O)C(=O)O)C(=O)O. The highest BCUT2D eigenvalue weighted by Gasteiger charge is 2.26. The minimum atomic E-state index is -1.53. The van der Waals surface area contributed by atoms with Crippen LogP contribution in [-0.4, -0.2) is 50.8 Å². The van der Waals surface area contributed by atoms with Crippen molar-refractivity contribution in [1.29, 1.82) is 0 Å². The highest BCUT2D eigenvalue weighted by molar-refractivity contribution is 7.99. The Hall–Kier alpha value is -1.28. The predicted molar refractivity (Wildman–Crippen MR) is 51.7 cm³/mol. The Morgan fingerprint density at radius 2 is 1.47 bits per heavy atom. The van der Waals surface area contributed by atoms with Crippen LogP contribution in [0, 0.1) is 5.92 Å². The summed E-state index contributed by atoms with van der Waals surface area (Å²) in [6, 6.07) is -1.11. The van der Waals surface area contributed by atoms with Crippen molar-refractivity contribution in [1.82, 2.24) is 0 Å². The molecule has 1 atom stereocenters. The van der Waals surface area contributed by atoms with E-state index in [-0.39, 0.29) is 11.5 Å². The average molecular weight is 237 g/mol. The normalized spacial score (nSPS) is 12.4. The number of thioether (sulfide) groups is 1. The molecule has 0 bridgehead atoms. The molecule has 0 spiro atoms. The molecule has 0 aromatic rings. The average Bonchev–Trinajstić information content (AvgIpc) is 2.10. The van der Waals surface area contributed by atoms with E-state index in [1.807, 2.05) is 0 Å². The van der Waals surface area contributed by atoms with Crippen LogP contribution in [0.1, 0.15) is 0 Å². The molecule has 8 heteroatoms. The van der Waals surface area contributed by atoms with Gasteiger partial charge in [-0.05, 0) is 0 Å². The summed E-state index contributed by atoms with van der Waals surface area (Å²) in [5, 5.41) is 25.3. The first kappa shape index (κ1) is 13.7. The maximum Gasteiger partial charge on any atom is 0.321 e. The van der Waals surface area contributed by atoms with E-state index in [2.05, 4.69) is 0 Å². The van der Waals surface area contributed by atoms with Crippen molar-refractivity contribution in [3.8, 4) is 0 Å². The van der Waals surface area contributed by atoms with Crippen LogP contribution >= 0.6 is 11.8 Å². The lowest BCUT2D eigenvalue weighted by Crippen LogP contribution is -2.33. The van der Waals surface area contributed by atoms with Crippen molar-refractivity contribution in [3.05, 3.63) is 0 Å². The van der Waals surface area contributed by atoms with Crippen molar-refractivity contribution in [2.45, 2.75) is 6.04 Å². The van der Waals surface area contributed by atoms with Gasteiger partial charge in [-0.15, -0.1) is 0 Å². The van der Waals surface area contributed by atoms with Gasteiger partial charge in [-0.25, -0.2) is 0 Å². The Morgan fingerprint density at radius 1 is 1.00 bits per heavy atom. The van der Waals surface area contributed by atoms with Gasteiger partial charge < -0.3 is 21.1 Å². The summed E-state index contributed by atoms with van der Waals surface area (Å²) in [6.07, 6.45) is 0. The second-order valence-electron chi connectivity index (χ2n) is 2.71. The van der Waals surface area contributed by atoms with E-state index in [9.17, 15) is 14.4 Å². The molecule has 0 radical (unpaired) electrons. The van der Waals surface area contributed by atoms with Gasteiger partial charge in [0.25, 0.3) is 0 Å². The molecule has 0 aliphatic carbocycles. The summed E-state index contributed by atoms with van der Waals surface area (Å²) in [5.41, 5.74) is 5.14. The molecule has 0 aliphatic heterocycles. The zero-order valence-corrected chi connectivity index (χ0v) is 8.44. The van der Waals surface area contributed by atoms with Gasteiger partial charge in [0.1, 0.15) is 6.04 Å². The number of carbonyl (C=O) groups is 3. The third-order valence-corrected chi connectivity index (χ3v) is 2.66. The molecule has 0 rings (SSSR count). The van der Waals surface area contributed by atoms with E-state index in [0.29, 0.717) is 0 Å². The zero-order valence-electron chi connectivity index (χ0n) is 7.62. The highest BCUT2D eigenvalue weighted by atomic mass is 32.2. The van der Waals surface area contributed by atoms with Crippen LogP contribution in [0.15, 0.2) is 0 Å². The van der Waals surface area contributed by atoms with Crippen LogP contribution < -0.4 is 5.73 Å². The van der Waals surface area contributed by atoms with E-state index in [4.69, 9.17) is 21.1 Å². The number of carboxylic acids is 3. The van der Waals surface area contributed by atoms with Crippen molar-refractivity contribution in [3.63, 3.8) is 0 Å². The van der Waals surface area contributed by atoms with E-state index < -0.39 is 29.9 Å². The van der Waals surface area contributed by atoms with E-state index >= 15 is 0 Å². The standard InChI is InChI=1S/C7H11NO6S/c8-4(7(13)14)2-15-1-3(5(9)10)6(11)12/h3-4H,1-2,8H2,(H,9,10)(H,11,12)(H,13,14)/t4-/m0/s1. The summed E-state index contributed by atoms with van der Waals surface area (Å²) >= 11 is 0.887. The maximum atomic E-state index is 10.4. The number of hydrogen-bond acceptors (Lipinski definition) is 5. The summed E-state index contributed by atoms with van der Waals surface area (Å²) in [7, 11) is 0. The Kier molecular flexibility index (Phi) is 5.72. The van der Waals surface area contributed by atoms with Gasteiger partial charge in [-0.2, -0.15) is 11.8 Å². The van der Waals surface area contributed by atoms with E-state index in [0.717, 1.165) is 11.8 Å². The van der Waals surface area contributed by atoms with E-state index in [1.54, 1.807) is 0 Å². The summed E-state index contributed by atoms with van der Waals surface area (Å²) in [6.45, 7) is 0. The summed E-state index contributed by atoms with van der Waals surface area (Å²) in [4.78, 5) is 31.1. The molecular weight excluding hydrogens is 226 g/mol. The molecule has 0 aromatic heterocycles. The molecule has 0 amide bonds. The Morgan fingerprint density at radius 3 is 1.80 bits per heavy atom. The first-order chi connectivity index (χ1) is 6.86. The Labute approximate surface area is 89.3 Å². The topological polar surface area (TPSA) is 138 Å². The minimum absolute atomic E-state index is 0.0214. The maximum absolute atomic E-state index is 10.4. The van der Waals surface area contributed by atoms with Gasteiger partial charge in [0.15, 0.2) is 5.92 Å². The molecule has 7 nitrogen and oxygen atoms in total. The highest BCUT2D eigenvalue weighted by Crippen LogP contribution is 2.10. The van der Waals surface area contributed by atoms with Gasteiger partial charge in [-0.3, -0.25) is 14.4 Å². The zero-order chi connectivity index (χ0) is 12.0. The number of carboxylic acid groups (broad SMARTS) is 3. The minimum Gasteiger partial charge on any atom is -0.481 e. The van der Waals surface area contributed by atoms with Crippen LogP contribution in [0.3, 0.4) is 0 Å². The van der Waals surface area contributed by atoms with Crippen LogP contribution in [-0.2, 0) is 14.4 Å². The summed E-state index contributed by atoms with van der Waals surface area (Å²) in [5.74, 6) is -5.85. The van der Waals surface area contributed by atoms with Gasteiger partial charge in [0, 0.05) is 11.5 Å². The molecule has 0 aromatic carbocycles. The smallest absolute Gasteiger partial charge is 0.321 e. The summed E-state index contributed by atoms with van der Waals surface area (Å²) < 4.78 is 0. The second kappa shape index (κ2) is 6.25. The largest absolute Gasteiger partial charge is 0.481 e. The third-order valence-electron chi connectivity index (χ3n) is 1.50. The van der Waals surface area contributed by atoms with Crippen LogP contribution in [0.2, 0.25) is 0 Å². The molecule has 15 heavy (non-hydrogen) atoms. The Bertz CT molecular complexity index is 254. The first-order valence-electron chi connectivity index (χ1n) is 3.88. The van der Waals surface area contributed by atoms with Crippen LogP contribution in [0.4, 0.5) is 0 Å². The fraction of sp³-hybridized carbons (Fsp3) is 0.571. The number of hydrogen-bond donors (Lipinski definition) is 4. The number of aliphatic carboxylic acids is 3. The monoisotopic (exact) mass is 237 g/mol. The molecule has 0 saturated heterocycles. The molecule has 0 unspecified atom stereocenters. The third kappa shape index (κ3) is 5.23. The molecule has 0 fully saturated rings. The number of rotatable bonds is 7. The van der Waals surface area contributed by atoms with Gasteiger partial charge >= 0.3 is 17.9 Å². The van der Waals surface area contributed by atoms with Crippen molar-refractivity contribution < 1.29 is 29.7 Å².